The molecule has 6 heterocycles. The van der Waals surface area contributed by atoms with Gasteiger partial charge in [0.1, 0.15) is 5.52 Å². The highest BCUT2D eigenvalue weighted by molar-refractivity contribution is 5.81. The van der Waals surface area contributed by atoms with E-state index in [1.807, 2.05) is 22.8 Å². The minimum atomic E-state index is 0.107. The van der Waals surface area contributed by atoms with Gasteiger partial charge in [0, 0.05) is 41.9 Å². The smallest absolute Gasteiger partial charge is 0.354 e. The van der Waals surface area contributed by atoms with Gasteiger partial charge in [-0.05, 0) is 82.7 Å². The molecule has 0 radical (unpaired) electrons. The van der Waals surface area contributed by atoms with Crippen molar-refractivity contribution in [2.24, 2.45) is 16.0 Å². The second kappa shape index (κ2) is 8.79. The predicted molar refractivity (Wildman–Crippen MR) is 137 cm³/mol. The summed E-state index contributed by atoms with van der Waals surface area (Å²) < 4.78 is 7.46. The van der Waals surface area contributed by atoms with Crippen molar-refractivity contribution in [3.8, 4) is 0 Å². The second-order valence-electron chi connectivity index (χ2n) is 10.4. The van der Waals surface area contributed by atoms with Crippen LogP contribution in [0.15, 0.2) is 45.3 Å². The van der Waals surface area contributed by atoms with Gasteiger partial charge in [-0.3, -0.25) is 9.98 Å². The average molecular weight is 470 g/mol. The Morgan fingerprint density at radius 2 is 2.00 bits per heavy atom. The van der Waals surface area contributed by atoms with Gasteiger partial charge >= 0.3 is 5.82 Å². The summed E-state index contributed by atoms with van der Waals surface area (Å²) in [5.74, 6) is 1.62. The van der Waals surface area contributed by atoms with Gasteiger partial charge < -0.3 is 9.32 Å². The fourth-order valence-electron chi connectivity index (χ4n) is 5.74. The van der Waals surface area contributed by atoms with E-state index in [-0.39, 0.29) is 12.0 Å². The van der Waals surface area contributed by atoms with E-state index in [2.05, 4.69) is 54.6 Å². The van der Waals surface area contributed by atoms with E-state index >= 15 is 0 Å². The Kier molecular flexibility index (Phi) is 5.60. The van der Waals surface area contributed by atoms with E-state index in [9.17, 15) is 0 Å². The highest BCUT2D eigenvalue weighted by Gasteiger charge is 2.35. The molecule has 7 heteroatoms. The van der Waals surface area contributed by atoms with Crippen molar-refractivity contribution in [3.63, 3.8) is 0 Å². The Morgan fingerprint density at radius 3 is 2.74 bits per heavy atom. The van der Waals surface area contributed by atoms with Gasteiger partial charge in [-0.2, -0.15) is 0 Å². The number of aromatic nitrogens is 3. The molecule has 35 heavy (non-hydrogen) atoms. The van der Waals surface area contributed by atoms with Crippen molar-refractivity contribution in [1.29, 1.82) is 0 Å². The standard InChI is InChI=1S/C28H33N6O/c1-17(2)33-10-7-20(8-11-33)27-18(3)19(4)34-28(32-27)23(16-31-34)21-5-6-24(29-14-21)22-13-26-25(30-15-22)9-12-35-26/h9,12-17,20-21,24H,4-8,10-11H2,1-3H3/q+1. The first-order chi connectivity index (χ1) is 17.0. The SMILES string of the molecule is C=c1c(C)c(C2CCN(C(C)C)CC2)nc2[n+]1=NC=C2C1C=NC(c2cnc3ccoc3c2)CC1. The molecule has 7 nitrogen and oxygen atoms in total. The lowest BCUT2D eigenvalue weighted by Gasteiger charge is -2.33. The molecule has 6 rings (SSSR count). The summed E-state index contributed by atoms with van der Waals surface area (Å²) in [5.41, 5.74) is 6.33. The topological polar surface area (TPSA) is 72.8 Å². The molecule has 3 aliphatic heterocycles. The first-order valence-corrected chi connectivity index (χ1v) is 12.8. The summed E-state index contributed by atoms with van der Waals surface area (Å²) in [7, 11) is 0. The first kappa shape index (κ1) is 22.3. The Hall–Kier alpha value is -3.19. The third-order valence-electron chi connectivity index (χ3n) is 8.02. The van der Waals surface area contributed by atoms with Gasteiger partial charge in [0.2, 0.25) is 0 Å². The number of pyridine rings is 1. The van der Waals surface area contributed by atoms with Crippen molar-refractivity contribution in [1.82, 2.24) is 14.9 Å². The van der Waals surface area contributed by atoms with Crippen LogP contribution >= 0.6 is 0 Å². The molecule has 0 bridgehead atoms. The van der Waals surface area contributed by atoms with Gasteiger partial charge in [-0.1, -0.05) is 9.48 Å². The normalized spacial score (nSPS) is 23.0. The maximum Gasteiger partial charge on any atom is 0.354 e. The molecule has 1 fully saturated rings. The lowest BCUT2D eigenvalue weighted by Crippen LogP contribution is -2.43. The molecular weight excluding hydrogens is 436 g/mol. The summed E-state index contributed by atoms with van der Waals surface area (Å²) >= 11 is 0. The van der Waals surface area contributed by atoms with Crippen LogP contribution in [-0.2, 0) is 0 Å². The molecule has 0 N–H and O–H groups in total. The lowest BCUT2D eigenvalue weighted by molar-refractivity contribution is -0.561. The molecular formula is C28H33N6O+. The predicted octanol–water partition coefficient (Wildman–Crippen LogP) is 4.43. The molecule has 2 atom stereocenters. The largest absolute Gasteiger partial charge is 0.463 e. The number of fused-ring (bicyclic) bond motifs is 2. The van der Waals surface area contributed by atoms with E-state index in [4.69, 9.17) is 14.4 Å². The fourth-order valence-corrected chi connectivity index (χ4v) is 5.74. The lowest BCUT2D eigenvalue weighted by atomic mass is 9.88. The van der Waals surface area contributed by atoms with Crippen LogP contribution < -0.4 is 9.71 Å². The quantitative estimate of drug-likeness (QED) is 0.530. The van der Waals surface area contributed by atoms with E-state index in [0.29, 0.717) is 12.0 Å². The van der Waals surface area contributed by atoms with E-state index < -0.39 is 0 Å². The Balaban J connectivity index is 1.24. The van der Waals surface area contributed by atoms with Crippen molar-refractivity contribution in [2.45, 2.75) is 64.5 Å². The number of likely N-dealkylation sites (tertiary alicyclic amines) is 1. The van der Waals surface area contributed by atoms with Gasteiger partial charge in [0.05, 0.1) is 24.1 Å². The highest BCUT2D eigenvalue weighted by Crippen LogP contribution is 2.36. The highest BCUT2D eigenvalue weighted by atomic mass is 16.3. The molecule has 3 aliphatic rings. The van der Waals surface area contributed by atoms with Crippen molar-refractivity contribution < 1.29 is 8.78 Å². The Labute approximate surface area is 205 Å². The minimum absolute atomic E-state index is 0.107. The van der Waals surface area contributed by atoms with Crippen LogP contribution in [0.1, 0.15) is 74.1 Å². The van der Waals surface area contributed by atoms with Crippen LogP contribution in [0.4, 0.5) is 0 Å². The number of hydrogen-bond acceptors (Lipinski definition) is 6. The van der Waals surface area contributed by atoms with E-state index in [1.54, 1.807) is 6.26 Å². The van der Waals surface area contributed by atoms with Crippen LogP contribution in [0.3, 0.4) is 0 Å². The fraction of sp³-hybridized carbons (Fsp3) is 0.464. The van der Waals surface area contributed by atoms with Gasteiger partial charge in [-0.25, -0.2) is 0 Å². The second-order valence-corrected chi connectivity index (χ2v) is 10.4. The molecule has 0 aromatic carbocycles. The van der Waals surface area contributed by atoms with Crippen LogP contribution in [0.2, 0.25) is 0 Å². The number of hydrogen-bond donors (Lipinski definition) is 0. The van der Waals surface area contributed by atoms with E-state index in [0.717, 1.165) is 72.2 Å². The zero-order chi connectivity index (χ0) is 24.1. The molecule has 0 spiro atoms. The van der Waals surface area contributed by atoms with Gasteiger partial charge in [0.25, 0.3) is 0 Å². The summed E-state index contributed by atoms with van der Waals surface area (Å²) in [6.07, 6.45) is 11.9. The first-order valence-electron chi connectivity index (χ1n) is 12.8. The average Bonchev–Trinajstić information content (AvgIpc) is 3.53. The number of allylic oxidation sites excluding steroid dienone is 1. The summed E-state index contributed by atoms with van der Waals surface area (Å²) in [6.45, 7) is 13.3. The monoisotopic (exact) mass is 469 g/mol. The summed E-state index contributed by atoms with van der Waals surface area (Å²) in [4.78, 5) is 17.2. The number of nitrogens with zero attached hydrogens (tertiary/aromatic N) is 6. The Morgan fingerprint density at radius 1 is 1.17 bits per heavy atom. The molecule has 0 aliphatic carbocycles. The molecule has 3 aromatic heterocycles. The van der Waals surface area contributed by atoms with Crippen LogP contribution in [0, 0.1) is 12.8 Å². The Bertz CT molecular complexity index is 1440. The van der Waals surface area contributed by atoms with Crippen LogP contribution in [0.5, 0.6) is 0 Å². The number of aliphatic imine (C=N–C) groups is 1. The van der Waals surface area contributed by atoms with Crippen molar-refractivity contribution >= 4 is 29.5 Å². The zero-order valence-electron chi connectivity index (χ0n) is 20.8. The third kappa shape index (κ3) is 3.92. The zero-order valence-corrected chi connectivity index (χ0v) is 20.8. The molecule has 180 valence electrons. The van der Waals surface area contributed by atoms with Crippen LogP contribution in [0.25, 0.3) is 23.3 Å². The number of furan rings is 1. The summed E-state index contributed by atoms with van der Waals surface area (Å²) in [6, 6.07) is 4.66. The summed E-state index contributed by atoms with van der Waals surface area (Å²) in [5, 5.41) is 5.63. The molecule has 3 aromatic rings. The molecule has 2 unspecified atom stereocenters. The van der Waals surface area contributed by atoms with Gasteiger partial charge in [-0.15, -0.1) is 0 Å². The van der Waals surface area contributed by atoms with Crippen molar-refractivity contribution in [3.05, 3.63) is 58.8 Å². The van der Waals surface area contributed by atoms with Crippen LogP contribution in [-0.4, -0.2) is 40.2 Å². The third-order valence-corrected chi connectivity index (χ3v) is 8.02. The number of rotatable bonds is 4. The van der Waals surface area contributed by atoms with Crippen molar-refractivity contribution in [2.75, 3.05) is 13.1 Å². The molecule has 0 saturated carbocycles. The maximum absolute atomic E-state index is 5.53. The van der Waals surface area contributed by atoms with E-state index in [1.165, 1.54) is 11.3 Å². The van der Waals surface area contributed by atoms with Gasteiger partial charge in [0.15, 0.2) is 16.6 Å². The number of piperidine rings is 1. The maximum atomic E-state index is 5.53. The molecule has 0 amide bonds. The molecule has 1 saturated heterocycles. The minimum Gasteiger partial charge on any atom is -0.463 e.